The molecule has 0 aromatic heterocycles. The Balaban J connectivity index is 3.47. The summed E-state index contributed by atoms with van der Waals surface area (Å²) in [6.07, 6.45) is 0.316. The molecule has 0 fully saturated rings. The Morgan fingerprint density at radius 1 is 1.45 bits per heavy atom. The molecule has 0 aromatic carbocycles. The van der Waals surface area contributed by atoms with Crippen LogP contribution in [0.5, 0.6) is 0 Å². The summed E-state index contributed by atoms with van der Waals surface area (Å²) in [5.74, 6) is 0. The minimum atomic E-state index is -3.88. The third-order valence-corrected chi connectivity index (χ3v) is 2.32. The molecule has 0 aliphatic heterocycles. The summed E-state index contributed by atoms with van der Waals surface area (Å²) in [4.78, 5) is 8.74. The van der Waals surface area contributed by atoms with Gasteiger partial charge in [-0.25, -0.2) is 4.57 Å². The molecule has 68 valence electrons. The molecule has 0 aromatic rings. The minimum absolute atomic E-state index is 0.0112. The van der Waals surface area contributed by atoms with Crippen molar-refractivity contribution in [1.29, 1.82) is 0 Å². The Kier molecular flexibility index (Phi) is 6.41. The maximum atomic E-state index is 10.7. The van der Waals surface area contributed by atoms with Gasteiger partial charge in [0.1, 0.15) is 5.52 Å². The van der Waals surface area contributed by atoms with E-state index >= 15 is 0 Å². The van der Waals surface area contributed by atoms with Gasteiger partial charge in [-0.3, -0.25) is 9.05 Å². The van der Waals surface area contributed by atoms with Crippen LogP contribution < -0.4 is 0 Å². The predicted molar refractivity (Wildman–Crippen MR) is 42.4 cm³/mol. The Morgan fingerprint density at radius 3 is 2.55 bits per heavy atom. The summed E-state index contributed by atoms with van der Waals surface area (Å²) >= 11 is 2.81. The van der Waals surface area contributed by atoms with Gasteiger partial charge in [0.2, 0.25) is 0 Å². The molecule has 0 saturated heterocycles. The Morgan fingerprint density at radius 2 is 2.09 bits per heavy atom. The van der Waals surface area contributed by atoms with Crippen molar-refractivity contribution in [2.75, 3.05) is 18.7 Å². The minimum Gasteiger partial charge on any atom is -0.396 e. The van der Waals surface area contributed by atoms with E-state index in [9.17, 15) is 4.57 Å². The molecular weight excluding hydrogens is 239 g/mol. The van der Waals surface area contributed by atoms with E-state index in [2.05, 4.69) is 25.0 Å². The highest BCUT2D eigenvalue weighted by Gasteiger charge is 2.19. The molecule has 0 spiro atoms. The van der Waals surface area contributed by atoms with Crippen LogP contribution in [-0.4, -0.2) is 28.7 Å². The van der Waals surface area contributed by atoms with Gasteiger partial charge in [0.05, 0.1) is 6.61 Å². The van der Waals surface area contributed by atoms with E-state index in [1.54, 1.807) is 0 Å². The van der Waals surface area contributed by atoms with Crippen LogP contribution in [0.3, 0.4) is 0 Å². The zero-order chi connectivity index (χ0) is 8.74. The van der Waals surface area contributed by atoms with Gasteiger partial charge in [-0.15, -0.1) is 0 Å². The van der Waals surface area contributed by atoms with E-state index in [-0.39, 0.29) is 18.7 Å². The second-order valence-electron chi connectivity index (χ2n) is 1.62. The quantitative estimate of drug-likeness (QED) is 0.414. The van der Waals surface area contributed by atoms with Gasteiger partial charge in [-0.2, -0.15) is 0 Å². The average molecular weight is 249 g/mol. The number of rotatable bonds is 6. The van der Waals surface area contributed by atoms with Crippen molar-refractivity contribution in [3.05, 3.63) is 0 Å². The number of hydrogen-bond donors (Lipinski definition) is 2. The van der Waals surface area contributed by atoms with Crippen LogP contribution in [0.15, 0.2) is 0 Å². The number of aliphatic hydroxyl groups excluding tert-OH is 1. The van der Waals surface area contributed by atoms with Crippen LogP contribution >= 0.6 is 23.8 Å². The summed E-state index contributed by atoms with van der Waals surface area (Å²) in [7, 11) is -3.88. The van der Waals surface area contributed by atoms with Crippen LogP contribution in [0.4, 0.5) is 0 Å². The molecule has 0 saturated carbocycles. The van der Waals surface area contributed by atoms with E-state index in [0.717, 1.165) is 0 Å². The topological polar surface area (TPSA) is 76.0 Å². The Labute approximate surface area is 73.1 Å². The van der Waals surface area contributed by atoms with Gasteiger partial charge in [-0.1, -0.05) is 15.9 Å². The molecule has 0 amide bonds. The number of alkyl halides is 1. The number of phosphoric ester groups is 1. The SMILES string of the molecule is O=P(O)(OCBr)OCCCO. The van der Waals surface area contributed by atoms with Gasteiger partial charge in [0.25, 0.3) is 0 Å². The lowest BCUT2D eigenvalue weighted by Gasteiger charge is -2.08. The van der Waals surface area contributed by atoms with Crippen LogP contribution in [0.1, 0.15) is 6.42 Å². The van der Waals surface area contributed by atoms with Gasteiger partial charge < -0.3 is 10.00 Å². The number of phosphoric acid groups is 1. The van der Waals surface area contributed by atoms with E-state index in [1.165, 1.54) is 0 Å². The standard InChI is InChI=1S/C4H10BrO5P/c5-4-10-11(7,8)9-3-1-2-6/h6H,1-4H2,(H,7,8). The molecule has 0 radical (unpaired) electrons. The first kappa shape index (κ1) is 11.6. The van der Waals surface area contributed by atoms with Crippen molar-refractivity contribution < 1.29 is 23.6 Å². The molecule has 1 unspecified atom stereocenters. The van der Waals surface area contributed by atoms with E-state index < -0.39 is 7.82 Å². The predicted octanol–water partition coefficient (Wildman–Crippen LogP) is 0.855. The third kappa shape index (κ3) is 6.93. The van der Waals surface area contributed by atoms with Crippen molar-refractivity contribution >= 4 is 23.8 Å². The second kappa shape index (κ2) is 6.11. The van der Waals surface area contributed by atoms with Crippen molar-refractivity contribution in [3.63, 3.8) is 0 Å². The summed E-state index contributed by atoms with van der Waals surface area (Å²) in [6.45, 7) is -0.0639. The highest BCUT2D eigenvalue weighted by Crippen LogP contribution is 2.43. The first-order valence-electron chi connectivity index (χ1n) is 2.91. The Bertz CT molecular complexity index is 140. The lowest BCUT2D eigenvalue weighted by molar-refractivity contribution is 0.155. The fourth-order valence-electron chi connectivity index (χ4n) is 0.343. The Hall–Kier alpha value is 0.550. The molecule has 2 N–H and O–H groups in total. The monoisotopic (exact) mass is 248 g/mol. The average Bonchev–Trinajstić information content (AvgIpc) is 1.87. The van der Waals surface area contributed by atoms with Crippen molar-refractivity contribution in [3.8, 4) is 0 Å². The molecular formula is C4H10BrO5P. The normalized spacial score (nSPS) is 16.3. The van der Waals surface area contributed by atoms with Crippen LogP contribution in [0, 0.1) is 0 Å². The highest BCUT2D eigenvalue weighted by molar-refractivity contribution is 9.09. The molecule has 5 nitrogen and oxygen atoms in total. The molecule has 11 heavy (non-hydrogen) atoms. The van der Waals surface area contributed by atoms with Crippen LogP contribution in [0.2, 0.25) is 0 Å². The zero-order valence-electron chi connectivity index (χ0n) is 5.77. The third-order valence-electron chi connectivity index (χ3n) is 0.769. The first-order valence-corrected chi connectivity index (χ1v) is 5.53. The molecule has 7 heteroatoms. The maximum Gasteiger partial charge on any atom is 0.473 e. The van der Waals surface area contributed by atoms with E-state index in [0.29, 0.717) is 6.42 Å². The van der Waals surface area contributed by atoms with Gasteiger partial charge in [-0.05, 0) is 6.42 Å². The van der Waals surface area contributed by atoms with Crippen molar-refractivity contribution in [1.82, 2.24) is 0 Å². The van der Waals surface area contributed by atoms with Crippen molar-refractivity contribution in [2.45, 2.75) is 6.42 Å². The van der Waals surface area contributed by atoms with Crippen molar-refractivity contribution in [2.24, 2.45) is 0 Å². The van der Waals surface area contributed by atoms with Crippen LogP contribution in [-0.2, 0) is 13.6 Å². The number of halogens is 1. The lowest BCUT2D eigenvalue weighted by Crippen LogP contribution is -1.97. The fourth-order valence-corrected chi connectivity index (χ4v) is 1.68. The zero-order valence-corrected chi connectivity index (χ0v) is 8.25. The van der Waals surface area contributed by atoms with Gasteiger partial charge in [0, 0.05) is 6.61 Å². The second-order valence-corrected chi connectivity index (χ2v) is 3.53. The first-order chi connectivity index (χ1) is 5.12. The summed E-state index contributed by atoms with van der Waals surface area (Å²) in [5.41, 5.74) is -0.0557. The molecule has 1 atom stereocenters. The maximum absolute atomic E-state index is 10.7. The lowest BCUT2D eigenvalue weighted by atomic mass is 10.5. The fraction of sp³-hybridized carbons (Fsp3) is 1.00. The summed E-state index contributed by atoms with van der Waals surface area (Å²) < 4.78 is 19.4. The van der Waals surface area contributed by atoms with E-state index in [4.69, 9.17) is 10.00 Å². The summed E-state index contributed by atoms with van der Waals surface area (Å²) in [5, 5.41) is 8.29. The summed E-state index contributed by atoms with van der Waals surface area (Å²) in [6, 6.07) is 0. The number of hydrogen-bond acceptors (Lipinski definition) is 4. The molecule has 0 bridgehead atoms. The largest absolute Gasteiger partial charge is 0.473 e. The van der Waals surface area contributed by atoms with Crippen LogP contribution in [0.25, 0.3) is 0 Å². The van der Waals surface area contributed by atoms with Gasteiger partial charge in [0.15, 0.2) is 0 Å². The molecule has 0 heterocycles. The van der Waals surface area contributed by atoms with Gasteiger partial charge >= 0.3 is 7.82 Å². The number of aliphatic hydroxyl groups is 1. The smallest absolute Gasteiger partial charge is 0.396 e. The highest BCUT2D eigenvalue weighted by atomic mass is 79.9. The molecule has 0 aliphatic rings. The molecule has 0 aliphatic carbocycles. The molecule has 0 rings (SSSR count). The van der Waals surface area contributed by atoms with E-state index in [1.807, 2.05) is 0 Å².